The van der Waals surface area contributed by atoms with E-state index in [9.17, 15) is 8.42 Å². The highest BCUT2D eigenvalue weighted by Gasteiger charge is 2.36. The number of anilines is 1. The molecule has 0 unspecified atom stereocenters. The molecule has 0 saturated carbocycles. The molecule has 0 radical (unpaired) electrons. The predicted octanol–water partition coefficient (Wildman–Crippen LogP) is 0.260. The van der Waals surface area contributed by atoms with Crippen LogP contribution in [0.25, 0.3) is 0 Å². The van der Waals surface area contributed by atoms with Crippen molar-refractivity contribution in [2.24, 2.45) is 11.7 Å². The SMILES string of the molecule is CC(C)(c1nc(N2CCC(CN)CC2)n[nH]1)S(C)(=O)=O. The summed E-state index contributed by atoms with van der Waals surface area (Å²) < 4.78 is 22.5. The predicted molar refractivity (Wildman–Crippen MR) is 78.2 cm³/mol. The fourth-order valence-corrected chi connectivity index (χ4v) is 2.65. The molecule has 0 bridgehead atoms. The lowest BCUT2D eigenvalue weighted by atomic mass is 9.97. The summed E-state index contributed by atoms with van der Waals surface area (Å²) in [4.78, 5) is 6.45. The fourth-order valence-electron chi connectivity index (χ4n) is 2.21. The number of aromatic nitrogens is 3. The first-order valence-corrected chi connectivity index (χ1v) is 8.72. The van der Waals surface area contributed by atoms with Crippen LogP contribution in [0.1, 0.15) is 32.5 Å². The van der Waals surface area contributed by atoms with Crippen LogP contribution in [0.2, 0.25) is 0 Å². The van der Waals surface area contributed by atoms with Crippen LogP contribution in [0, 0.1) is 5.92 Å². The molecular weight excluding hydrogens is 278 g/mol. The Morgan fingerprint density at radius 3 is 2.50 bits per heavy atom. The van der Waals surface area contributed by atoms with Gasteiger partial charge in [-0.25, -0.2) is 8.42 Å². The molecule has 20 heavy (non-hydrogen) atoms. The van der Waals surface area contributed by atoms with Gasteiger partial charge < -0.3 is 10.6 Å². The van der Waals surface area contributed by atoms with Crippen LogP contribution in [0.5, 0.6) is 0 Å². The van der Waals surface area contributed by atoms with E-state index in [-0.39, 0.29) is 0 Å². The lowest BCUT2D eigenvalue weighted by molar-refractivity contribution is 0.411. The molecule has 1 fully saturated rings. The van der Waals surface area contributed by atoms with Crippen LogP contribution >= 0.6 is 0 Å². The first-order chi connectivity index (χ1) is 9.25. The Bertz CT molecular complexity index is 558. The molecule has 1 aromatic rings. The first-order valence-electron chi connectivity index (χ1n) is 6.83. The smallest absolute Gasteiger partial charge is 0.244 e. The second kappa shape index (κ2) is 5.33. The van der Waals surface area contributed by atoms with Crippen molar-refractivity contribution in [1.82, 2.24) is 15.2 Å². The Morgan fingerprint density at radius 2 is 2.00 bits per heavy atom. The van der Waals surface area contributed by atoms with Gasteiger partial charge in [-0.3, -0.25) is 5.10 Å². The van der Waals surface area contributed by atoms with E-state index in [1.165, 1.54) is 6.26 Å². The van der Waals surface area contributed by atoms with Crippen molar-refractivity contribution in [2.75, 3.05) is 30.8 Å². The maximum absolute atomic E-state index is 11.8. The van der Waals surface area contributed by atoms with E-state index >= 15 is 0 Å². The van der Waals surface area contributed by atoms with E-state index in [2.05, 4.69) is 20.1 Å². The lowest BCUT2D eigenvalue weighted by Crippen LogP contribution is -2.36. The van der Waals surface area contributed by atoms with Crippen molar-refractivity contribution in [3.8, 4) is 0 Å². The van der Waals surface area contributed by atoms with Gasteiger partial charge in [-0.2, -0.15) is 4.98 Å². The third-order valence-corrected chi connectivity index (χ3v) is 6.25. The zero-order valence-corrected chi connectivity index (χ0v) is 13.1. The average molecular weight is 301 g/mol. The molecule has 0 aliphatic carbocycles. The molecule has 0 amide bonds. The molecule has 0 spiro atoms. The maximum Gasteiger partial charge on any atom is 0.244 e. The summed E-state index contributed by atoms with van der Waals surface area (Å²) >= 11 is 0. The Morgan fingerprint density at radius 1 is 1.40 bits per heavy atom. The summed E-state index contributed by atoms with van der Waals surface area (Å²) in [5.41, 5.74) is 5.67. The minimum Gasteiger partial charge on any atom is -0.340 e. The van der Waals surface area contributed by atoms with E-state index in [0.29, 0.717) is 24.2 Å². The molecule has 7 nitrogen and oxygen atoms in total. The number of hydrogen-bond acceptors (Lipinski definition) is 6. The van der Waals surface area contributed by atoms with Gasteiger partial charge in [0.2, 0.25) is 5.95 Å². The van der Waals surface area contributed by atoms with Crippen LogP contribution in [-0.4, -0.2) is 49.5 Å². The van der Waals surface area contributed by atoms with E-state index in [1.54, 1.807) is 13.8 Å². The van der Waals surface area contributed by atoms with Crippen LogP contribution in [0.3, 0.4) is 0 Å². The zero-order chi connectivity index (χ0) is 15.0. The van der Waals surface area contributed by atoms with Crippen LogP contribution in [0.4, 0.5) is 5.95 Å². The van der Waals surface area contributed by atoms with Crippen LogP contribution < -0.4 is 10.6 Å². The second-order valence-corrected chi connectivity index (χ2v) is 8.50. The van der Waals surface area contributed by atoms with E-state index in [0.717, 1.165) is 25.9 Å². The van der Waals surface area contributed by atoms with Crippen molar-refractivity contribution in [3.63, 3.8) is 0 Å². The van der Waals surface area contributed by atoms with Crippen molar-refractivity contribution in [1.29, 1.82) is 0 Å². The minimum absolute atomic E-state index is 0.385. The Labute approximate surface area is 119 Å². The largest absolute Gasteiger partial charge is 0.340 e. The van der Waals surface area contributed by atoms with Gasteiger partial charge in [0.25, 0.3) is 0 Å². The summed E-state index contributed by atoms with van der Waals surface area (Å²) in [6.45, 7) is 5.70. The number of sulfone groups is 1. The molecule has 0 atom stereocenters. The highest BCUT2D eigenvalue weighted by molar-refractivity contribution is 7.91. The molecule has 3 N–H and O–H groups in total. The maximum atomic E-state index is 11.8. The number of hydrogen-bond donors (Lipinski definition) is 2. The molecule has 2 rings (SSSR count). The monoisotopic (exact) mass is 301 g/mol. The Balaban J connectivity index is 2.14. The number of rotatable bonds is 4. The Hall–Kier alpha value is -1.15. The number of aromatic amines is 1. The molecule has 1 aromatic heterocycles. The lowest BCUT2D eigenvalue weighted by Gasteiger charge is -2.30. The number of H-pyrrole nitrogens is 1. The molecule has 1 aliphatic rings. The van der Waals surface area contributed by atoms with Crippen LogP contribution in [0.15, 0.2) is 0 Å². The van der Waals surface area contributed by atoms with Gasteiger partial charge in [-0.1, -0.05) is 0 Å². The molecular formula is C12H23N5O2S. The van der Waals surface area contributed by atoms with E-state index in [4.69, 9.17) is 5.73 Å². The Kier molecular flexibility index (Phi) is 4.06. The topological polar surface area (TPSA) is 105 Å². The van der Waals surface area contributed by atoms with Gasteiger partial charge in [0.15, 0.2) is 9.84 Å². The summed E-state index contributed by atoms with van der Waals surface area (Å²) in [5, 5.41) is 6.93. The number of nitrogens with one attached hydrogen (secondary N) is 1. The fraction of sp³-hybridized carbons (Fsp3) is 0.833. The number of nitrogens with two attached hydrogens (primary N) is 1. The molecule has 0 aromatic carbocycles. The molecule has 114 valence electrons. The average Bonchev–Trinajstić information content (AvgIpc) is 2.87. The van der Waals surface area contributed by atoms with Gasteiger partial charge in [-0.05, 0) is 39.2 Å². The molecule has 2 heterocycles. The number of piperidine rings is 1. The van der Waals surface area contributed by atoms with Crippen molar-refractivity contribution in [2.45, 2.75) is 31.4 Å². The van der Waals surface area contributed by atoms with Crippen molar-refractivity contribution in [3.05, 3.63) is 5.82 Å². The summed E-state index contributed by atoms with van der Waals surface area (Å²) in [5.74, 6) is 1.53. The summed E-state index contributed by atoms with van der Waals surface area (Å²) in [6.07, 6.45) is 3.26. The molecule has 8 heteroatoms. The minimum atomic E-state index is -3.25. The third kappa shape index (κ3) is 2.80. The van der Waals surface area contributed by atoms with Gasteiger partial charge >= 0.3 is 0 Å². The second-order valence-electron chi connectivity index (χ2n) is 5.93. The number of nitrogens with zero attached hydrogens (tertiary/aromatic N) is 3. The van der Waals surface area contributed by atoms with Crippen molar-refractivity contribution < 1.29 is 8.42 Å². The first kappa shape index (κ1) is 15.2. The van der Waals surface area contributed by atoms with Crippen LogP contribution in [-0.2, 0) is 14.6 Å². The van der Waals surface area contributed by atoms with Gasteiger partial charge in [0, 0.05) is 19.3 Å². The van der Waals surface area contributed by atoms with Gasteiger partial charge in [0.05, 0.1) is 0 Å². The molecule has 1 aliphatic heterocycles. The summed E-state index contributed by atoms with van der Waals surface area (Å²) in [7, 11) is -3.25. The summed E-state index contributed by atoms with van der Waals surface area (Å²) in [6, 6.07) is 0. The van der Waals surface area contributed by atoms with Gasteiger partial charge in [-0.15, -0.1) is 5.10 Å². The van der Waals surface area contributed by atoms with E-state index < -0.39 is 14.6 Å². The van der Waals surface area contributed by atoms with Crippen molar-refractivity contribution >= 4 is 15.8 Å². The molecule has 1 saturated heterocycles. The quantitative estimate of drug-likeness (QED) is 0.826. The highest BCUT2D eigenvalue weighted by atomic mass is 32.2. The highest BCUT2D eigenvalue weighted by Crippen LogP contribution is 2.28. The van der Waals surface area contributed by atoms with Gasteiger partial charge in [0.1, 0.15) is 10.6 Å². The standard InChI is InChI=1S/C12H23N5O2S/c1-12(2,20(3,18)19)10-14-11(16-15-10)17-6-4-9(8-13)5-7-17/h9H,4-8,13H2,1-3H3,(H,14,15,16). The zero-order valence-electron chi connectivity index (χ0n) is 12.3. The van der Waals surface area contributed by atoms with E-state index in [1.807, 2.05) is 0 Å². The normalized spacial score (nSPS) is 18.5. The third-order valence-electron chi connectivity index (χ3n) is 4.20.